The Morgan fingerprint density at radius 1 is 1.28 bits per heavy atom. The number of aromatic nitrogens is 1. The fraction of sp³-hybridized carbons (Fsp3) is 0.154. The molecule has 0 unspecified atom stereocenters. The van der Waals surface area contributed by atoms with Crippen molar-refractivity contribution in [1.29, 1.82) is 0 Å². The quantitative estimate of drug-likeness (QED) is 0.934. The first-order chi connectivity index (χ1) is 8.69. The maximum Gasteiger partial charge on any atom is 0.232 e. The van der Waals surface area contributed by atoms with Crippen molar-refractivity contribution in [2.75, 3.05) is 0 Å². The van der Waals surface area contributed by atoms with E-state index in [1.807, 2.05) is 24.3 Å². The number of benzene rings is 1. The lowest BCUT2D eigenvalue weighted by molar-refractivity contribution is 0.294. The average Bonchev–Trinajstić information content (AvgIpc) is 2.37. The zero-order chi connectivity index (χ0) is 13.0. The van der Waals surface area contributed by atoms with Gasteiger partial charge in [0.25, 0.3) is 0 Å². The Balaban J connectivity index is 2.06. The van der Waals surface area contributed by atoms with Crippen LogP contribution >= 0.6 is 27.5 Å². The van der Waals surface area contributed by atoms with E-state index in [2.05, 4.69) is 20.9 Å². The van der Waals surface area contributed by atoms with E-state index < -0.39 is 0 Å². The second kappa shape index (κ2) is 6.18. The van der Waals surface area contributed by atoms with Gasteiger partial charge in [-0.15, -0.1) is 0 Å². The molecule has 5 heteroatoms. The highest BCUT2D eigenvalue weighted by Crippen LogP contribution is 2.23. The van der Waals surface area contributed by atoms with Gasteiger partial charge in [-0.1, -0.05) is 39.7 Å². The molecule has 2 N–H and O–H groups in total. The molecule has 3 nitrogen and oxygen atoms in total. The molecule has 1 heterocycles. The summed E-state index contributed by atoms with van der Waals surface area (Å²) in [5.74, 6) is 0.425. The maximum atomic E-state index is 6.05. The van der Waals surface area contributed by atoms with Crippen LogP contribution in [0.3, 0.4) is 0 Å². The lowest BCUT2D eigenvalue weighted by Crippen LogP contribution is -2.01. The Labute approximate surface area is 119 Å². The van der Waals surface area contributed by atoms with Crippen molar-refractivity contribution in [3.8, 4) is 5.88 Å². The summed E-state index contributed by atoms with van der Waals surface area (Å²) in [5.41, 5.74) is 7.44. The standard InChI is InChI=1S/C13H12BrClN2O/c14-11-3-1-2-9(4-11)8-18-13-12(15)5-10(6-16)7-17-13/h1-5,7H,6,8,16H2. The molecule has 0 bridgehead atoms. The van der Waals surface area contributed by atoms with Gasteiger partial charge in [0, 0.05) is 17.2 Å². The van der Waals surface area contributed by atoms with Crippen LogP contribution in [-0.2, 0) is 13.2 Å². The molecule has 0 aliphatic rings. The third-order valence-electron chi connectivity index (χ3n) is 2.36. The lowest BCUT2D eigenvalue weighted by atomic mass is 10.2. The molecule has 1 aromatic heterocycles. The van der Waals surface area contributed by atoms with Crippen molar-refractivity contribution in [2.24, 2.45) is 5.73 Å². The first-order valence-corrected chi connectivity index (χ1v) is 6.58. The van der Waals surface area contributed by atoms with Crippen LogP contribution in [0.1, 0.15) is 11.1 Å². The van der Waals surface area contributed by atoms with Gasteiger partial charge in [0.1, 0.15) is 11.6 Å². The predicted molar refractivity (Wildman–Crippen MR) is 75.6 cm³/mol. The molecular formula is C13H12BrClN2O. The maximum absolute atomic E-state index is 6.05. The molecule has 0 fully saturated rings. The molecule has 0 radical (unpaired) electrons. The molecule has 0 saturated heterocycles. The summed E-state index contributed by atoms with van der Waals surface area (Å²) >= 11 is 9.46. The van der Waals surface area contributed by atoms with E-state index in [4.69, 9.17) is 22.1 Å². The third-order valence-corrected chi connectivity index (χ3v) is 3.13. The molecule has 0 saturated carbocycles. The van der Waals surface area contributed by atoms with Gasteiger partial charge in [-0.3, -0.25) is 0 Å². The van der Waals surface area contributed by atoms with Crippen LogP contribution in [0.15, 0.2) is 41.0 Å². The number of nitrogens with two attached hydrogens (primary N) is 1. The van der Waals surface area contributed by atoms with E-state index in [-0.39, 0.29) is 0 Å². The zero-order valence-corrected chi connectivity index (χ0v) is 11.9. The average molecular weight is 328 g/mol. The first-order valence-electron chi connectivity index (χ1n) is 5.41. The molecule has 0 spiro atoms. The van der Waals surface area contributed by atoms with Gasteiger partial charge in [0.15, 0.2) is 0 Å². The van der Waals surface area contributed by atoms with Gasteiger partial charge in [0.2, 0.25) is 5.88 Å². The summed E-state index contributed by atoms with van der Waals surface area (Å²) in [6.45, 7) is 0.840. The van der Waals surface area contributed by atoms with Crippen molar-refractivity contribution in [1.82, 2.24) is 4.98 Å². The van der Waals surface area contributed by atoms with E-state index in [1.165, 1.54) is 0 Å². The van der Waals surface area contributed by atoms with Crippen LogP contribution in [0, 0.1) is 0 Å². The smallest absolute Gasteiger partial charge is 0.232 e. The van der Waals surface area contributed by atoms with E-state index in [0.717, 1.165) is 15.6 Å². The fourth-order valence-electron chi connectivity index (χ4n) is 1.46. The van der Waals surface area contributed by atoms with Gasteiger partial charge in [0.05, 0.1) is 0 Å². The highest BCUT2D eigenvalue weighted by atomic mass is 79.9. The largest absolute Gasteiger partial charge is 0.472 e. The summed E-state index contributed by atoms with van der Waals surface area (Å²) in [6, 6.07) is 9.65. The highest BCUT2D eigenvalue weighted by Gasteiger charge is 2.05. The van der Waals surface area contributed by atoms with Crippen molar-refractivity contribution >= 4 is 27.5 Å². The van der Waals surface area contributed by atoms with Crippen molar-refractivity contribution in [2.45, 2.75) is 13.2 Å². The fourth-order valence-corrected chi connectivity index (χ4v) is 2.15. The van der Waals surface area contributed by atoms with Gasteiger partial charge in [-0.05, 0) is 29.3 Å². The second-order valence-electron chi connectivity index (χ2n) is 3.75. The van der Waals surface area contributed by atoms with Crippen LogP contribution in [0.25, 0.3) is 0 Å². The van der Waals surface area contributed by atoms with E-state index >= 15 is 0 Å². The molecule has 0 aliphatic heterocycles. The minimum Gasteiger partial charge on any atom is -0.472 e. The van der Waals surface area contributed by atoms with Crippen molar-refractivity contribution < 1.29 is 4.74 Å². The number of hydrogen-bond donors (Lipinski definition) is 1. The first kappa shape index (κ1) is 13.3. The normalized spacial score (nSPS) is 10.4. The molecule has 2 rings (SSSR count). The molecule has 0 atom stereocenters. The molecule has 94 valence electrons. The lowest BCUT2D eigenvalue weighted by Gasteiger charge is -2.08. The minimum atomic E-state index is 0.415. The molecule has 2 aromatic rings. The van der Waals surface area contributed by atoms with Crippen LogP contribution in [-0.4, -0.2) is 4.98 Å². The molecule has 18 heavy (non-hydrogen) atoms. The van der Waals surface area contributed by atoms with Crippen LogP contribution in [0.5, 0.6) is 5.88 Å². The van der Waals surface area contributed by atoms with Gasteiger partial charge < -0.3 is 10.5 Å². The highest BCUT2D eigenvalue weighted by molar-refractivity contribution is 9.10. The number of pyridine rings is 1. The summed E-state index contributed by atoms with van der Waals surface area (Å²) < 4.78 is 6.59. The number of nitrogens with zero attached hydrogens (tertiary/aromatic N) is 1. The minimum absolute atomic E-state index is 0.415. The van der Waals surface area contributed by atoms with Crippen LogP contribution in [0.4, 0.5) is 0 Å². The van der Waals surface area contributed by atoms with Crippen molar-refractivity contribution in [3.63, 3.8) is 0 Å². The molecule has 0 amide bonds. The Morgan fingerprint density at radius 2 is 2.11 bits per heavy atom. The number of halogens is 2. The van der Waals surface area contributed by atoms with Crippen molar-refractivity contribution in [3.05, 3.63) is 57.2 Å². The van der Waals surface area contributed by atoms with Gasteiger partial charge >= 0.3 is 0 Å². The molecular weight excluding hydrogens is 316 g/mol. The van der Waals surface area contributed by atoms with Gasteiger partial charge in [-0.25, -0.2) is 4.98 Å². The monoisotopic (exact) mass is 326 g/mol. The Morgan fingerprint density at radius 3 is 2.78 bits per heavy atom. The Bertz CT molecular complexity index is 548. The topological polar surface area (TPSA) is 48.1 Å². The number of hydrogen-bond acceptors (Lipinski definition) is 3. The summed E-state index contributed by atoms with van der Waals surface area (Å²) in [7, 11) is 0. The number of rotatable bonds is 4. The second-order valence-corrected chi connectivity index (χ2v) is 5.08. The summed E-state index contributed by atoms with van der Waals surface area (Å²) in [6.07, 6.45) is 1.67. The number of ether oxygens (including phenoxy) is 1. The zero-order valence-electron chi connectivity index (χ0n) is 9.57. The Kier molecular flexibility index (Phi) is 4.58. The van der Waals surface area contributed by atoms with Gasteiger partial charge in [-0.2, -0.15) is 0 Å². The Hall–Kier alpha value is -1.10. The van der Waals surface area contributed by atoms with E-state index in [9.17, 15) is 0 Å². The molecule has 1 aromatic carbocycles. The van der Waals surface area contributed by atoms with Crippen LogP contribution < -0.4 is 10.5 Å². The predicted octanol–water partition coefficient (Wildman–Crippen LogP) is 3.54. The summed E-state index contributed by atoms with van der Waals surface area (Å²) in [4.78, 5) is 4.14. The summed E-state index contributed by atoms with van der Waals surface area (Å²) in [5, 5.41) is 0.480. The van der Waals surface area contributed by atoms with E-state index in [1.54, 1.807) is 12.3 Å². The van der Waals surface area contributed by atoms with E-state index in [0.29, 0.717) is 24.1 Å². The van der Waals surface area contributed by atoms with Crippen LogP contribution in [0.2, 0.25) is 5.02 Å². The molecule has 0 aliphatic carbocycles. The third kappa shape index (κ3) is 3.45. The SMILES string of the molecule is NCc1cnc(OCc2cccc(Br)c2)c(Cl)c1.